The summed E-state index contributed by atoms with van der Waals surface area (Å²) in [5.74, 6) is 1.71. The zero-order chi connectivity index (χ0) is 8.98. The van der Waals surface area contributed by atoms with Crippen LogP contribution in [0, 0.1) is 16.7 Å². The lowest BCUT2D eigenvalue weighted by molar-refractivity contribution is 0.219. The fourth-order valence-electron chi connectivity index (χ4n) is 2.90. The lowest BCUT2D eigenvalue weighted by Crippen LogP contribution is -2.43. The molecule has 0 spiro atoms. The molecule has 0 aromatic heterocycles. The van der Waals surface area contributed by atoms with Crippen LogP contribution in [0.5, 0.6) is 0 Å². The molecule has 0 aromatic carbocycles. The highest BCUT2D eigenvalue weighted by molar-refractivity contribution is 6.18. The average Bonchev–Trinajstić information content (AvgIpc) is 2.55. The molecule has 0 radical (unpaired) electrons. The Kier molecular flexibility index (Phi) is 1.76. The van der Waals surface area contributed by atoms with Gasteiger partial charge in [0.05, 0.1) is 0 Å². The van der Waals surface area contributed by atoms with Crippen molar-refractivity contribution in [3.8, 4) is 0 Å². The minimum Gasteiger partial charge on any atom is -0.313 e. The molecule has 2 rings (SSSR count). The van der Waals surface area contributed by atoms with Crippen LogP contribution in [0.15, 0.2) is 0 Å². The van der Waals surface area contributed by atoms with Crippen LogP contribution in [0.3, 0.4) is 0 Å². The lowest BCUT2D eigenvalue weighted by Gasteiger charge is -2.34. The Morgan fingerprint density at radius 1 is 1.50 bits per heavy atom. The number of hydrogen-bond acceptors (Lipinski definition) is 1. The van der Waals surface area contributed by atoms with Crippen molar-refractivity contribution in [2.24, 2.45) is 16.7 Å². The van der Waals surface area contributed by atoms with Crippen LogP contribution >= 0.6 is 11.6 Å². The van der Waals surface area contributed by atoms with Gasteiger partial charge >= 0.3 is 0 Å². The quantitative estimate of drug-likeness (QED) is 0.621. The molecule has 1 nitrogen and oxygen atoms in total. The fraction of sp³-hybridized carbons (Fsp3) is 1.00. The largest absolute Gasteiger partial charge is 0.313 e. The van der Waals surface area contributed by atoms with Gasteiger partial charge in [0.1, 0.15) is 0 Å². The van der Waals surface area contributed by atoms with Gasteiger partial charge in [-0.1, -0.05) is 20.8 Å². The first-order valence-corrected chi connectivity index (χ1v) is 5.33. The maximum absolute atomic E-state index is 6.05. The second kappa shape index (κ2) is 2.39. The summed E-state index contributed by atoms with van der Waals surface area (Å²) in [7, 11) is 0. The standard InChI is InChI=1S/C10H18ClN/c1-9(2,3)8-10(6-11)4-7(10)5-12-8/h7-8,12H,4-6H2,1-3H3. The predicted molar refractivity (Wildman–Crippen MR) is 52.5 cm³/mol. The summed E-state index contributed by atoms with van der Waals surface area (Å²) in [6.07, 6.45) is 1.35. The van der Waals surface area contributed by atoms with E-state index in [4.69, 9.17) is 11.6 Å². The van der Waals surface area contributed by atoms with Gasteiger partial charge in [-0.3, -0.25) is 0 Å². The number of rotatable bonds is 1. The normalized spacial score (nSPS) is 46.0. The second-order valence-electron chi connectivity index (χ2n) is 5.48. The molecular formula is C10H18ClN. The molecule has 70 valence electrons. The molecule has 1 heterocycles. The highest BCUT2D eigenvalue weighted by atomic mass is 35.5. The summed E-state index contributed by atoms with van der Waals surface area (Å²) in [5, 5.41) is 3.60. The predicted octanol–water partition coefficient (Wildman–Crippen LogP) is 2.25. The number of piperidine rings is 1. The number of hydrogen-bond donors (Lipinski definition) is 1. The van der Waals surface area contributed by atoms with E-state index in [0.29, 0.717) is 16.9 Å². The van der Waals surface area contributed by atoms with Gasteiger partial charge < -0.3 is 5.32 Å². The van der Waals surface area contributed by atoms with Gasteiger partial charge in [-0.15, -0.1) is 11.6 Å². The van der Waals surface area contributed by atoms with Crippen LogP contribution in [0.25, 0.3) is 0 Å². The highest BCUT2D eigenvalue weighted by Gasteiger charge is 2.64. The summed E-state index contributed by atoms with van der Waals surface area (Å²) in [6.45, 7) is 8.10. The smallest absolute Gasteiger partial charge is 0.0298 e. The van der Waals surface area contributed by atoms with E-state index in [2.05, 4.69) is 26.1 Å². The molecule has 0 amide bonds. The minimum atomic E-state index is 0.361. The Morgan fingerprint density at radius 2 is 2.17 bits per heavy atom. The van der Waals surface area contributed by atoms with Gasteiger partial charge in [-0.25, -0.2) is 0 Å². The van der Waals surface area contributed by atoms with Gasteiger partial charge in [0, 0.05) is 17.3 Å². The van der Waals surface area contributed by atoms with Crippen LogP contribution in [-0.2, 0) is 0 Å². The zero-order valence-corrected chi connectivity index (χ0v) is 8.91. The number of alkyl halides is 1. The molecule has 3 unspecified atom stereocenters. The molecule has 2 heteroatoms. The van der Waals surface area contributed by atoms with Gasteiger partial charge in [-0.05, 0) is 24.3 Å². The van der Waals surface area contributed by atoms with Gasteiger partial charge in [0.2, 0.25) is 0 Å². The van der Waals surface area contributed by atoms with E-state index in [1.807, 2.05) is 0 Å². The Bertz CT molecular complexity index is 193. The molecular weight excluding hydrogens is 170 g/mol. The zero-order valence-electron chi connectivity index (χ0n) is 8.15. The molecule has 1 aliphatic carbocycles. The third-order valence-corrected chi connectivity index (χ3v) is 4.04. The Balaban J connectivity index is 2.17. The fourth-order valence-corrected chi connectivity index (χ4v) is 3.38. The first-order chi connectivity index (χ1) is 5.50. The van der Waals surface area contributed by atoms with Crippen molar-refractivity contribution in [3.63, 3.8) is 0 Å². The van der Waals surface area contributed by atoms with E-state index in [-0.39, 0.29) is 0 Å². The van der Waals surface area contributed by atoms with E-state index in [1.54, 1.807) is 0 Å². The second-order valence-corrected chi connectivity index (χ2v) is 5.74. The first kappa shape index (κ1) is 8.83. The minimum absolute atomic E-state index is 0.361. The molecule has 1 N–H and O–H groups in total. The van der Waals surface area contributed by atoms with E-state index in [1.165, 1.54) is 13.0 Å². The SMILES string of the molecule is CC(C)(C)C1NCC2CC21CCl. The van der Waals surface area contributed by atoms with E-state index < -0.39 is 0 Å². The summed E-state index contributed by atoms with van der Waals surface area (Å²) in [6, 6.07) is 0.632. The van der Waals surface area contributed by atoms with Gasteiger partial charge in [-0.2, -0.15) is 0 Å². The third kappa shape index (κ3) is 1.03. The molecule has 12 heavy (non-hydrogen) atoms. The van der Waals surface area contributed by atoms with Crippen LogP contribution in [-0.4, -0.2) is 18.5 Å². The maximum atomic E-state index is 6.05. The van der Waals surface area contributed by atoms with Crippen molar-refractivity contribution in [1.29, 1.82) is 0 Å². The van der Waals surface area contributed by atoms with Crippen molar-refractivity contribution < 1.29 is 0 Å². The monoisotopic (exact) mass is 187 g/mol. The summed E-state index contributed by atoms with van der Waals surface area (Å²) in [5.41, 5.74) is 0.819. The molecule has 2 aliphatic rings. The summed E-state index contributed by atoms with van der Waals surface area (Å²) < 4.78 is 0. The number of nitrogens with one attached hydrogen (secondary N) is 1. The van der Waals surface area contributed by atoms with Crippen molar-refractivity contribution in [1.82, 2.24) is 5.32 Å². The van der Waals surface area contributed by atoms with Crippen LogP contribution in [0.4, 0.5) is 0 Å². The number of fused-ring (bicyclic) bond motifs is 1. The lowest BCUT2D eigenvalue weighted by atomic mass is 9.78. The molecule has 1 aliphatic heterocycles. The number of halogens is 1. The molecule has 1 saturated heterocycles. The topological polar surface area (TPSA) is 12.0 Å². The third-order valence-electron chi connectivity index (χ3n) is 3.54. The summed E-state index contributed by atoms with van der Waals surface area (Å²) >= 11 is 6.05. The van der Waals surface area contributed by atoms with Crippen LogP contribution < -0.4 is 5.32 Å². The van der Waals surface area contributed by atoms with Crippen molar-refractivity contribution in [2.75, 3.05) is 12.4 Å². The van der Waals surface area contributed by atoms with Crippen molar-refractivity contribution in [2.45, 2.75) is 33.2 Å². The molecule has 3 atom stereocenters. The summed E-state index contributed by atoms with van der Waals surface area (Å²) in [4.78, 5) is 0. The van der Waals surface area contributed by atoms with Crippen LogP contribution in [0.2, 0.25) is 0 Å². The Morgan fingerprint density at radius 3 is 2.50 bits per heavy atom. The van der Waals surface area contributed by atoms with Crippen molar-refractivity contribution in [3.05, 3.63) is 0 Å². The molecule has 2 fully saturated rings. The van der Waals surface area contributed by atoms with E-state index in [0.717, 1.165) is 11.8 Å². The molecule has 0 bridgehead atoms. The first-order valence-electron chi connectivity index (χ1n) is 4.80. The Hall–Kier alpha value is 0.250. The molecule has 1 saturated carbocycles. The van der Waals surface area contributed by atoms with Gasteiger partial charge in [0.15, 0.2) is 0 Å². The van der Waals surface area contributed by atoms with E-state index >= 15 is 0 Å². The van der Waals surface area contributed by atoms with Crippen molar-refractivity contribution >= 4 is 11.6 Å². The molecule has 0 aromatic rings. The van der Waals surface area contributed by atoms with Gasteiger partial charge in [0.25, 0.3) is 0 Å². The maximum Gasteiger partial charge on any atom is 0.0298 e. The average molecular weight is 188 g/mol. The Labute approximate surface area is 79.9 Å². The van der Waals surface area contributed by atoms with Crippen LogP contribution in [0.1, 0.15) is 27.2 Å². The highest BCUT2D eigenvalue weighted by Crippen LogP contribution is 2.62. The van der Waals surface area contributed by atoms with E-state index in [9.17, 15) is 0 Å².